The van der Waals surface area contributed by atoms with Crippen LogP contribution in [0.4, 0.5) is 4.79 Å². The summed E-state index contributed by atoms with van der Waals surface area (Å²) in [6.45, 7) is 8.65. The van der Waals surface area contributed by atoms with Gasteiger partial charge in [-0.15, -0.1) is 0 Å². The second kappa shape index (κ2) is 10.3. The highest BCUT2D eigenvalue weighted by atomic mass is 16.5. The van der Waals surface area contributed by atoms with Crippen molar-refractivity contribution in [3.05, 3.63) is 22.8 Å². The summed E-state index contributed by atoms with van der Waals surface area (Å²) in [4.78, 5) is 50.9. The Labute approximate surface area is 189 Å². The highest BCUT2D eigenvalue weighted by molar-refractivity contribution is 6.04. The number of aromatic nitrogens is 2. The van der Waals surface area contributed by atoms with Crippen molar-refractivity contribution >= 4 is 17.9 Å². The number of methoxy groups -OCH3 is 1. The van der Waals surface area contributed by atoms with Crippen LogP contribution >= 0.6 is 0 Å². The largest absolute Gasteiger partial charge is 0.465 e. The number of urea groups is 1. The Morgan fingerprint density at radius 3 is 2.38 bits per heavy atom. The van der Waals surface area contributed by atoms with Crippen molar-refractivity contribution in [1.82, 2.24) is 25.1 Å². The van der Waals surface area contributed by atoms with Gasteiger partial charge in [-0.2, -0.15) is 0 Å². The number of amides is 3. The molecule has 9 nitrogen and oxygen atoms in total. The minimum Gasteiger partial charge on any atom is -0.465 e. The maximum absolute atomic E-state index is 13.4. The van der Waals surface area contributed by atoms with E-state index >= 15 is 0 Å². The quantitative estimate of drug-likeness (QED) is 0.715. The molecule has 2 aliphatic rings. The average Bonchev–Trinajstić information content (AvgIpc) is 2.77. The molecular weight excluding hydrogens is 410 g/mol. The van der Waals surface area contributed by atoms with Crippen molar-refractivity contribution in [3.8, 4) is 0 Å². The molecule has 1 saturated heterocycles. The number of carbonyl (C=O) groups excluding carboxylic acids is 3. The Morgan fingerprint density at radius 2 is 1.78 bits per heavy atom. The topological polar surface area (TPSA) is 105 Å². The smallest absolute Gasteiger partial charge is 0.342 e. The van der Waals surface area contributed by atoms with E-state index in [1.165, 1.54) is 13.5 Å². The third kappa shape index (κ3) is 5.19. The predicted octanol–water partition coefficient (Wildman–Crippen LogP) is 2.88. The molecule has 1 aliphatic heterocycles. The summed E-state index contributed by atoms with van der Waals surface area (Å²) >= 11 is 0. The minimum absolute atomic E-state index is 0.0632. The van der Waals surface area contributed by atoms with Gasteiger partial charge in [0.1, 0.15) is 17.1 Å². The summed E-state index contributed by atoms with van der Waals surface area (Å²) < 4.78 is 4.94. The van der Waals surface area contributed by atoms with Gasteiger partial charge in [0.05, 0.1) is 12.8 Å². The van der Waals surface area contributed by atoms with E-state index in [0.717, 1.165) is 25.7 Å². The third-order valence-corrected chi connectivity index (χ3v) is 6.30. The van der Waals surface area contributed by atoms with Crippen LogP contribution in [0.5, 0.6) is 0 Å². The van der Waals surface area contributed by atoms with Gasteiger partial charge >= 0.3 is 12.0 Å². The second-order valence-electron chi connectivity index (χ2n) is 9.10. The van der Waals surface area contributed by atoms with Crippen LogP contribution in [0.25, 0.3) is 0 Å². The number of hydrogen-bond donors (Lipinski definition) is 1. The average molecular weight is 446 g/mol. The molecule has 176 valence electrons. The molecule has 3 rings (SSSR count). The van der Waals surface area contributed by atoms with Gasteiger partial charge in [-0.3, -0.25) is 4.79 Å². The fourth-order valence-corrected chi connectivity index (χ4v) is 4.57. The van der Waals surface area contributed by atoms with E-state index in [1.807, 2.05) is 20.8 Å². The van der Waals surface area contributed by atoms with E-state index in [1.54, 1.807) is 16.7 Å². The minimum atomic E-state index is -0.615. The van der Waals surface area contributed by atoms with E-state index in [-0.39, 0.29) is 41.2 Å². The lowest BCUT2D eigenvalue weighted by molar-refractivity contribution is 0.0540. The van der Waals surface area contributed by atoms with Crippen molar-refractivity contribution in [2.24, 2.45) is 0 Å². The lowest BCUT2D eigenvalue weighted by atomic mass is 9.96. The molecule has 0 bridgehead atoms. The van der Waals surface area contributed by atoms with Crippen molar-refractivity contribution in [2.75, 3.05) is 26.7 Å². The van der Waals surface area contributed by atoms with Gasteiger partial charge in [-0.25, -0.2) is 19.6 Å². The van der Waals surface area contributed by atoms with Crippen molar-refractivity contribution in [2.45, 2.75) is 77.8 Å². The Kier molecular flexibility index (Phi) is 7.69. The van der Waals surface area contributed by atoms with Crippen LogP contribution in [0.3, 0.4) is 0 Å². The zero-order valence-electron chi connectivity index (χ0n) is 19.8. The van der Waals surface area contributed by atoms with Gasteiger partial charge in [-0.1, -0.05) is 33.1 Å². The zero-order chi connectivity index (χ0) is 23.4. The van der Waals surface area contributed by atoms with Crippen molar-refractivity contribution in [1.29, 1.82) is 0 Å². The molecule has 2 heterocycles. The molecule has 1 saturated carbocycles. The number of carbonyl (C=O) groups is 3. The van der Waals surface area contributed by atoms with Gasteiger partial charge in [0.15, 0.2) is 0 Å². The SMILES string of the molecule is COC(=O)c1c(C(=O)N2CCN(C(=O)NC3CCCCC3)C(C)C2)nc(C)nc1C(C)C. The molecule has 9 heteroatoms. The number of hydrogen-bond acceptors (Lipinski definition) is 6. The standard InChI is InChI=1S/C23H35N5O4/c1-14(2)19-18(22(30)32-5)20(25-16(4)24-19)21(29)27-11-12-28(15(3)13-27)23(31)26-17-9-7-6-8-10-17/h14-15,17H,6-13H2,1-5H3,(H,26,31). The summed E-state index contributed by atoms with van der Waals surface area (Å²) in [5, 5.41) is 3.16. The molecule has 0 radical (unpaired) electrons. The Morgan fingerprint density at radius 1 is 1.09 bits per heavy atom. The van der Waals surface area contributed by atoms with Gasteiger partial charge in [0.2, 0.25) is 0 Å². The van der Waals surface area contributed by atoms with Gasteiger partial charge in [-0.05, 0) is 32.6 Å². The van der Waals surface area contributed by atoms with E-state index in [2.05, 4.69) is 15.3 Å². The Bertz CT molecular complexity index is 866. The first-order valence-electron chi connectivity index (χ1n) is 11.6. The number of rotatable bonds is 4. The molecule has 2 fully saturated rings. The van der Waals surface area contributed by atoms with Crippen molar-refractivity contribution in [3.63, 3.8) is 0 Å². The molecule has 1 aliphatic carbocycles. The summed E-state index contributed by atoms with van der Waals surface area (Å²) in [7, 11) is 1.28. The van der Waals surface area contributed by atoms with Gasteiger partial charge in [0.25, 0.3) is 5.91 Å². The van der Waals surface area contributed by atoms with Crippen LogP contribution in [0, 0.1) is 6.92 Å². The van der Waals surface area contributed by atoms with Crippen LogP contribution in [-0.2, 0) is 4.74 Å². The number of esters is 1. The first kappa shape index (κ1) is 23.9. The fraction of sp³-hybridized carbons (Fsp3) is 0.696. The summed E-state index contributed by atoms with van der Waals surface area (Å²) in [5.41, 5.74) is 0.704. The van der Waals surface area contributed by atoms with Crippen LogP contribution in [0.1, 0.15) is 91.2 Å². The lowest BCUT2D eigenvalue weighted by Gasteiger charge is -2.40. The van der Waals surface area contributed by atoms with Crippen LogP contribution < -0.4 is 5.32 Å². The Balaban J connectivity index is 1.75. The maximum Gasteiger partial charge on any atom is 0.342 e. The number of nitrogens with one attached hydrogen (secondary N) is 1. The van der Waals surface area contributed by atoms with E-state index < -0.39 is 5.97 Å². The van der Waals surface area contributed by atoms with E-state index in [4.69, 9.17) is 4.74 Å². The molecule has 1 atom stereocenters. The highest BCUT2D eigenvalue weighted by Gasteiger charge is 2.34. The second-order valence-corrected chi connectivity index (χ2v) is 9.10. The summed E-state index contributed by atoms with van der Waals surface area (Å²) in [5.74, 6) is -0.590. The molecule has 1 unspecified atom stereocenters. The fourth-order valence-electron chi connectivity index (χ4n) is 4.57. The molecular formula is C23H35N5O4. The number of aryl methyl sites for hydroxylation is 1. The molecule has 3 amide bonds. The Hall–Kier alpha value is -2.71. The number of ether oxygens (including phenoxy) is 1. The van der Waals surface area contributed by atoms with Crippen LogP contribution in [0.2, 0.25) is 0 Å². The monoisotopic (exact) mass is 445 g/mol. The van der Waals surface area contributed by atoms with Crippen LogP contribution in [-0.4, -0.2) is 76.5 Å². The normalized spacial score (nSPS) is 19.8. The molecule has 0 aromatic carbocycles. The lowest BCUT2D eigenvalue weighted by Crippen LogP contribution is -2.59. The maximum atomic E-state index is 13.4. The first-order chi connectivity index (χ1) is 15.2. The molecule has 32 heavy (non-hydrogen) atoms. The van der Waals surface area contributed by atoms with Crippen molar-refractivity contribution < 1.29 is 19.1 Å². The molecule has 1 aromatic heterocycles. The van der Waals surface area contributed by atoms with E-state index in [0.29, 0.717) is 31.2 Å². The molecule has 1 N–H and O–H groups in total. The predicted molar refractivity (Wildman–Crippen MR) is 120 cm³/mol. The van der Waals surface area contributed by atoms with Crippen LogP contribution in [0.15, 0.2) is 0 Å². The number of piperazine rings is 1. The van der Waals surface area contributed by atoms with E-state index in [9.17, 15) is 14.4 Å². The van der Waals surface area contributed by atoms with Gasteiger partial charge < -0.3 is 19.9 Å². The van der Waals surface area contributed by atoms with Gasteiger partial charge in [0, 0.05) is 31.7 Å². The number of nitrogens with zero attached hydrogens (tertiary/aromatic N) is 4. The zero-order valence-corrected chi connectivity index (χ0v) is 19.8. The highest BCUT2D eigenvalue weighted by Crippen LogP contribution is 2.24. The first-order valence-corrected chi connectivity index (χ1v) is 11.6. The molecule has 0 spiro atoms. The third-order valence-electron chi connectivity index (χ3n) is 6.30. The summed E-state index contributed by atoms with van der Waals surface area (Å²) in [6.07, 6.45) is 5.60. The molecule has 1 aromatic rings. The summed E-state index contributed by atoms with van der Waals surface area (Å²) in [6, 6.07) is 0.0290.